The zero-order chi connectivity index (χ0) is 14.8. The molecule has 0 radical (unpaired) electrons. The summed E-state index contributed by atoms with van der Waals surface area (Å²) in [5.41, 5.74) is 0.814. The second kappa shape index (κ2) is 5.46. The molecule has 2 N–H and O–H groups in total. The van der Waals surface area contributed by atoms with Gasteiger partial charge in [0.05, 0.1) is 5.56 Å². The first-order valence-corrected chi connectivity index (χ1v) is 6.81. The number of carbonyl (C=O) groups excluding carboxylic acids is 1. The zero-order valence-corrected chi connectivity index (χ0v) is 11.8. The summed E-state index contributed by atoms with van der Waals surface area (Å²) in [6.45, 7) is 0. The Hall–Kier alpha value is -2.52. The van der Waals surface area contributed by atoms with Gasteiger partial charge in [-0.25, -0.2) is 0 Å². The molecule has 0 spiro atoms. The van der Waals surface area contributed by atoms with Crippen molar-refractivity contribution in [3.05, 3.63) is 71.2 Å². The Balaban J connectivity index is 2.04. The minimum absolute atomic E-state index is 0.0663. The normalized spacial score (nSPS) is 10.5. The van der Waals surface area contributed by atoms with E-state index in [0.29, 0.717) is 21.5 Å². The number of hydrogen-bond donors (Lipinski definition) is 2. The summed E-state index contributed by atoms with van der Waals surface area (Å²) in [4.78, 5) is 12.3. The van der Waals surface area contributed by atoms with Crippen molar-refractivity contribution in [2.24, 2.45) is 0 Å². The maximum atomic E-state index is 12.3. The predicted octanol–water partition coefficient (Wildman–Crippen LogP) is 4.45. The number of benzene rings is 3. The Morgan fingerprint density at radius 3 is 2.29 bits per heavy atom. The summed E-state index contributed by atoms with van der Waals surface area (Å²) < 4.78 is 0. The number of anilines is 1. The molecule has 0 aromatic heterocycles. The summed E-state index contributed by atoms with van der Waals surface area (Å²) >= 11 is 6.19. The predicted molar refractivity (Wildman–Crippen MR) is 85.0 cm³/mol. The average molecular weight is 298 g/mol. The molecule has 21 heavy (non-hydrogen) atoms. The zero-order valence-electron chi connectivity index (χ0n) is 11.0. The molecule has 4 heteroatoms. The second-order valence-corrected chi connectivity index (χ2v) is 5.03. The van der Waals surface area contributed by atoms with Crippen LogP contribution in [0.1, 0.15) is 10.4 Å². The summed E-state index contributed by atoms with van der Waals surface area (Å²) in [5.74, 6) is -0.463. The molecule has 0 bridgehead atoms. The molecule has 0 aliphatic heterocycles. The van der Waals surface area contributed by atoms with Crippen LogP contribution in [0.15, 0.2) is 60.7 Å². The van der Waals surface area contributed by atoms with Gasteiger partial charge in [-0.1, -0.05) is 54.1 Å². The largest absolute Gasteiger partial charge is 0.506 e. The van der Waals surface area contributed by atoms with Gasteiger partial charge in [0.25, 0.3) is 5.91 Å². The first-order valence-electron chi connectivity index (χ1n) is 6.43. The van der Waals surface area contributed by atoms with Gasteiger partial charge in [0.1, 0.15) is 5.75 Å². The van der Waals surface area contributed by atoms with E-state index in [-0.39, 0.29) is 11.3 Å². The number of phenols is 1. The first-order chi connectivity index (χ1) is 10.2. The second-order valence-electron chi connectivity index (χ2n) is 4.62. The van der Waals surface area contributed by atoms with E-state index in [1.54, 1.807) is 30.3 Å². The molecule has 3 aromatic carbocycles. The number of amides is 1. The molecule has 104 valence electrons. The average Bonchev–Trinajstić information content (AvgIpc) is 2.52. The van der Waals surface area contributed by atoms with E-state index < -0.39 is 5.91 Å². The molecular formula is C17H12ClNO2. The fourth-order valence-corrected chi connectivity index (χ4v) is 2.48. The van der Waals surface area contributed by atoms with Gasteiger partial charge in [-0.3, -0.25) is 4.79 Å². The van der Waals surface area contributed by atoms with Gasteiger partial charge >= 0.3 is 0 Å². The summed E-state index contributed by atoms with van der Waals surface area (Å²) in [6, 6.07) is 17.7. The van der Waals surface area contributed by atoms with Crippen LogP contribution in [0.25, 0.3) is 10.8 Å². The fraction of sp³-hybridized carbons (Fsp3) is 0. The van der Waals surface area contributed by atoms with Crippen LogP contribution >= 0.6 is 11.6 Å². The lowest BCUT2D eigenvalue weighted by molar-refractivity contribution is 0.102. The third-order valence-corrected chi connectivity index (χ3v) is 3.55. The van der Waals surface area contributed by atoms with Crippen LogP contribution in [0.4, 0.5) is 5.69 Å². The fourth-order valence-electron chi connectivity index (χ4n) is 2.21. The van der Waals surface area contributed by atoms with E-state index in [0.717, 1.165) is 0 Å². The number of carbonyl (C=O) groups is 1. The summed E-state index contributed by atoms with van der Waals surface area (Å²) in [6.07, 6.45) is 0. The summed E-state index contributed by atoms with van der Waals surface area (Å²) in [7, 11) is 0. The van der Waals surface area contributed by atoms with Crippen molar-refractivity contribution in [2.75, 3.05) is 5.32 Å². The molecule has 0 saturated carbocycles. The number of para-hydroxylation sites is 1. The van der Waals surface area contributed by atoms with E-state index in [9.17, 15) is 9.90 Å². The number of fused-ring (bicyclic) bond motifs is 1. The molecule has 3 aromatic rings. The molecule has 0 saturated heterocycles. The van der Waals surface area contributed by atoms with Gasteiger partial charge in [0, 0.05) is 21.5 Å². The molecular weight excluding hydrogens is 286 g/mol. The van der Waals surface area contributed by atoms with E-state index in [1.807, 2.05) is 24.3 Å². The van der Waals surface area contributed by atoms with Crippen molar-refractivity contribution < 1.29 is 9.90 Å². The number of aromatic hydroxyl groups is 1. The van der Waals surface area contributed by atoms with Crippen molar-refractivity contribution in [1.29, 1.82) is 0 Å². The van der Waals surface area contributed by atoms with E-state index >= 15 is 0 Å². The van der Waals surface area contributed by atoms with Crippen LogP contribution in [0.5, 0.6) is 5.75 Å². The Labute approximate surface area is 126 Å². The minimum Gasteiger partial charge on any atom is -0.506 e. The van der Waals surface area contributed by atoms with Crippen LogP contribution in [-0.2, 0) is 0 Å². The Kier molecular flexibility index (Phi) is 3.50. The smallest absolute Gasteiger partial charge is 0.259 e. The molecule has 3 rings (SSSR count). The molecule has 0 atom stereocenters. The maximum absolute atomic E-state index is 12.3. The number of rotatable bonds is 2. The van der Waals surface area contributed by atoms with Crippen LogP contribution in [0.2, 0.25) is 5.02 Å². The highest BCUT2D eigenvalue weighted by Gasteiger charge is 2.16. The van der Waals surface area contributed by atoms with Gasteiger partial charge in [-0.2, -0.15) is 0 Å². The number of halogens is 1. The van der Waals surface area contributed by atoms with E-state index in [2.05, 4.69) is 5.32 Å². The minimum atomic E-state index is -0.397. The van der Waals surface area contributed by atoms with Crippen LogP contribution in [0.3, 0.4) is 0 Å². The molecule has 0 fully saturated rings. The maximum Gasteiger partial charge on any atom is 0.259 e. The Morgan fingerprint density at radius 2 is 1.57 bits per heavy atom. The van der Waals surface area contributed by atoms with Crippen molar-refractivity contribution in [3.8, 4) is 5.75 Å². The van der Waals surface area contributed by atoms with E-state index in [1.165, 1.54) is 6.07 Å². The van der Waals surface area contributed by atoms with E-state index in [4.69, 9.17) is 11.6 Å². The molecule has 0 unspecified atom stereocenters. The highest BCUT2D eigenvalue weighted by atomic mass is 35.5. The monoisotopic (exact) mass is 297 g/mol. The van der Waals surface area contributed by atoms with Gasteiger partial charge in [-0.15, -0.1) is 0 Å². The Bertz CT molecular complexity index is 816. The highest BCUT2D eigenvalue weighted by molar-refractivity contribution is 6.36. The highest BCUT2D eigenvalue weighted by Crippen LogP contribution is 2.34. The topological polar surface area (TPSA) is 49.3 Å². The lowest BCUT2D eigenvalue weighted by atomic mass is 10.0. The van der Waals surface area contributed by atoms with Crippen molar-refractivity contribution in [3.63, 3.8) is 0 Å². The summed E-state index contributed by atoms with van der Waals surface area (Å²) in [5, 5.41) is 14.7. The van der Waals surface area contributed by atoms with Gasteiger partial charge in [0.15, 0.2) is 0 Å². The van der Waals surface area contributed by atoms with Crippen LogP contribution < -0.4 is 5.32 Å². The molecule has 1 amide bonds. The number of phenolic OH excluding ortho intramolecular Hbond substituents is 1. The lowest BCUT2D eigenvalue weighted by Crippen LogP contribution is -2.12. The van der Waals surface area contributed by atoms with Crippen LogP contribution in [-0.4, -0.2) is 11.0 Å². The Morgan fingerprint density at radius 1 is 0.952 bits per heavy atom. The van der Waals surface area contributed by atoms with Crippen LogP contribution in [0, 0.1) is 0 Å². The van der Waals surface area contributed by atoms with Crippen molar-refractivity contribution in [2.45, 2.75) is 0 Å². The van der Waals surface area contributed by atoms with Gasteiger partial charge < -0.3 is 10.4 Å². The van der Waals surface area contributed by atoms with Crippen molar-refractivity contribution in [1.82, 2.24) is 0 Å². The molecule has 0 aliphatic rings. The first kappa shape index (κ1) is 13.5. The molecule has 0 heterocycles. The molecule has 3 nitrogen and oxygen atoms in total. The third kappa shape index (κ3) is 2.56. The third-order valence-electron chi connectivity index (χ3n) is 3.24. The standard InChI is InChI=1S/C17H12ClNO2/c18-15-10-14(16(20)13-9-5-4-8-12(13)15)17(21)19-11-6-2-1-3-7-11/h1-10,20H,(H,19,21). The van der Waals surface area contributed by atoms with Gasteiger partial charge in [-0.05, 0) is 18.2 Å². The SMILES string of the molecule is O=C(Nc1ccccc1)c1cc(Cl)c2ccccc2c1O. The molecule has 0 aliphatic carbocycles. The quantitative estimate of drug-likeness (QED) is 0.734. The number of nitrogens with one attached hydrogen (secondary N) is 1. The van der Waals surface area contributed by atoms with Gasteiger partial charge in [0.2, 0.25) is 0 Å². The number of hydrogen-bond acceptors (Lipinski definition) is 2. The van der Waals surface area contributed by atoms with Crippen molar-refractivity contribution >= 4 is 34.0 Å². The lowest BCUT2D eigenvalue weighted by Gasteiger charge is -2.10.